The Morgan fingerprint density at radius 3 is 2.94 bits per heavy atom. The number of rotatable bonds is 1. The summed E-state index contributed by atoms with van der Waals surface area (Å²) >= 11 is 0. The molecule has 0 radical (unpaired) electrons. The number of aromatic nitrogens is 1. The zero-order valence-corrected chi connectivity index (χ0v) is 10.1. The summed E-state index contributed by atoms with van der Waals surface area (Å²) in [5, 5.41) is 10.3. The maximum absolute atomic E-state index is 10.3. The van der Waals surface area contributed by atoms with Crippen molar-refractivity contribution in [1.29, 1.82) is 0 Å². The Hall–Kier alpha value is -1.09. The monoisotopic (exact) mass is 230 g/mol. The first kappa shape index (κ1) is 9.89. The fraction of sp³-hybridized carbons (Fsp3) is 0.643. The van der Waals surface area contributed by atoms with Crippen LogP contribution in [0.3, 0.4) is 0 Å². The normalized spacial score (nSPS) is 42.5. The summed E-state index contributed by atoms with van der Waals surface area (Å²) in [7, 11) is 0. The van der Waals surface area contributed by atoms with Crippen LogP contribution in [0.15, 0.2) is 18.2 Å². The topological polar surface area (TPSA) is 36.4 Å². The summed E-state index contributed by atoms with van der Waals surface area (Å²) < 4.78 is 0. The summed E-state index contributed by atoms with van der Waals surface area (Å²) in [6.07, 6.45) is 2.34. The molecule has 5 atom stereocenters. The van der Waals surface area contributed by atoms with Crippen LogP contribution in [-0.2, 0) is 0 Å². The van der Waals surface area contributed by atoms with Crippen LogP contribution in [0.25, 0.3) is 0 Å². The van der Waals surface area contributed by atoms with Gasteiger partial charge in [-0.1, -0.05) is 6.07 Å². The van der Waals surface area contributed by atoms with Gasteiger partial charge >= 0.3 is 0 Å². The van der Waals surface area contributed by atoms with E-state index in [1.165, 1.54) is 12.8 Å². The molecule has 1 saturated heterocycles. The van der Waals surface area contributed by atoms with Crippen LogP contribution in [0.4, 0.5) is 5.82 Å². The molecule has 3 fully saturated rings. The molecule has 3 heteroatoms. The van der Waals surface area contributed by atoms with Gasteiger partial charge in [-0.25, -0.2) is 4.98 Å². The Kier molecular flexibility index (Phi) is 1.88. The summed E-state index contributed by atoms with van der Waals surface area (Å²) in [4.78, 5) is 6.98. The molecule has 1 aromatic heterocycles. The molecule has 1 aromatic rings. The van der Waals surface area contributed by atoms with Crippen molar-refractivity contribution in [3.8, 4) is 0 Å². The molecule has 1 N–H and O–H groups in total. The first-order chi connectivity index (χ1) is 8.24. The minimum Gasteiger partial charge on any atom is -0.391 e. The van der Waals surface area contributed by atoms with Gasteiger partial charge in [-0.3, -0.25) is 0 Å². The van der Waals surface area contributed by atoms with Crippen molar-refractivity contribution >= 4 is 5.82 Å². The van der Waals surface area contributed by atoms with E-state index in [2.05, 4.69) is 22.0 Å². The van der Waals surface area contributed by atoms with Crippen LogP contribution in [-0.4, -0.2) is 28.8 Å². The van der Waals surface area contributed by atoms with Crippen molar-refractivity contribution in [2.75, 3.05) is 11.4 Å². The van der Waals surface area contributed by atoms with Gasteiger partial charge in [0, 0.05) is 12.2 Å². The van der Waals surface area contributed by atoms with Crippen molar-refractivity contribution < 1.29 is 5.11 Å². The third-order valence-electron chi connectivity index (χ3n) is 5.02. The van der Waals surface area contributed by atoms with E-state index < -0.39 is 0 Å². The molecule has 4 rings (SSSR count). The SMILES string of the molecule is Cc1cccc(N2CC3CC4CC3C2C4O)n1. The predicted molar refractivity (Wildman–Crippen MR) is 65.8 cm³/mol. The van der Waals surface area contributed by atoms with Gasteiger partial charge in [0.25, 0.3) is 0 Å². The average Bonchev–Trinajstić information content (AvgIpc) is 2.89. The highest BCUT2D eigenvalue weighted by atomic mass is 16.3. The number of hydrogen-bond donors (Lipinski definition) is 1. The Morgan fingerprint density at radius 1 is 1.29 bits per heavy atom. The molecule has 5 unspecified atom stereocenters. The molecule has 0 aromatic carbocycles. The smallest absolute Gasteiger partial charge is 0.129 e. The number of aryl methyl sites for hydroxylation is 1. The molecule has 2 heterocycles. The van der Waals surface area contributed by atoms with Crippen molar-refractivity contribution in [2.24, 2.45) is 17.8 Å². The van der Waals surface area contributed by atoms with E-state index in [0.29, 0.717) is 12.0 Å². The molecule has 17 heavy (non-hydrogen) atoms. The second-order valence-corrected chi connectivity index (χ2v) is 5.93. The van der Waals surface area contributed by atoms with Gasteiger partial charge in [0.2, 0.25) is 0 Å². The molecular formula is C14H18N2O. The Morgan fingerprint density at radius 2 is 2.18 bits per heavy atom. The highest BCUT2D eigenvalue weighted by Crippen LogP contribution is 2.55. The number of aliphatic hydroxyl groups is 1. The number of pyridine rings is 1. The summed E-state index contributed by atoms with van der Waals surface area (Å²) in [5.41, 5.74) is 1.06. The van der Waals surface area contributed by atoms with Crippen molar-refractivity contribution in [1.82, 2.24) is 4.98 Å². The van der Waals surface area contributed by atoms with Crippen LogP contribution in [0.2, 0.25) is 0 Å². The van der Waals surface area contributed by atoms with E-state index in [0.717, 1.165) is 29.9 Å². The third kappa shape index (κ3) is 1.23. The second kappa shape index (κ2) is 3.22. The van der Waals surface area contributed by atoms with Crippen molar-refractivity contribution in [3.63, 3.8) is 0 Å². The first-order valence-electron chi connectivity index (χ1n) is 6.62. The lowest BCUT2D eigenvalue weighted by Crippen LogP contribution is -2.41. The van der Waals surface area contributed by atoms with Crippen LogP contribution in [0, 0.1) is 24.7 Å². The lowest BCUT2D eigenvalue weighted by atomic mass is 9.88. The largest absolute Gasteiger partial charge is 0.391 e. The van der Waals surface area contributed by atoms with E-state index in [1.807, 2.05) is 13.0 Å². The third-order valence-corrected chi connectivity index (χ3v) is 5.02. The summed E-state index contributed by atoms with van der Waals surface area (Å²) in [6.45, 7) is 3.13. The van der Waals surface area contributed by atoms with E-state index in [-0.39, 0.29) is 6.10 Å². The van der Waals surface area contributed by atoms with Gasteiger partial charge in [-0.05, 0) is 49.7 Å². The van der Waals surface area contributed by atoms with Crippen LogP contribution in [0.1, 0.15) is 18.5 Å². The summed E-state index contributed by atoms with van der Waals surface area (Å²) in [6, 6.07) is 6.52. The summed E-state index contributed by atoms with van der Waals surface area (Å²) in [5.74, 6) is 3.14. The zero-order chi connectivity index (χ0) is 11.6. The molecule has 3 nitrogen and oxygen atoms in total. The maximum Gasteiger partial charge on any atom is 0.129 e. The lowest BCUT2D eigenvalue weighted by molar-refractivity contribution is 0.0965. The maximum atomic E-state index is 10.3. The number of aliphatic hydroxyl groups excluding tert-OH is 1. The van der Waals surface area contributed by atoms with Gasteiger partial charge < -0.3 is 10.0 Å². The number of nitrogens with zero attached hydrogens (tertiary/aromatic N) is 2. The minimum absolute atomic E-state index is 0.124. The molecule has 2 saturated carbocycles. The van der Waals surface area contributed by atoms with Gasteiger partial charge in [0.05, 0.1) is 12.1 Å². The zero-order valence-electron chi connectivity index (χ0n) is 10.1. The molecular weight excluding hydrogens is 212 g/mol. The fourth-order valence-electron chi connectivity index (χ4n) is 4.37. The van der Waals surface area contributed by atoms with Gasteiger partial charge in [0.1, 0.15) is 5.82 Å². The molecule has 1 aliphatic heterocycles. The van der Waals surface area contributed by atoms with Gasteiger partial charge in [-0.2, -0.15) is 0 Å². The Balaban J connectivity index is 1.72. The van der Waals surface area contributed by atoms with Crippen LogP contribution in [0.5, 0.6) is 0 Å². The molecule has 0 amide bonds. The van der Waals surface area contributed by atoms with E-state index >= 15 is 0 Å². The molecule has 2 bridgehead atoms. The average molecular weight is 230 g/mol. The van der Waals surface area contributed by atoms with Crippen molar-refractivity contribution in [3.05, 3.63) is 23.9 Å². The highest BCUT2D eigenvalue weighted by Gasteiger charge is 2.59. The van der Waals surface area contributed by atoms with Gasteiger partial charge in [-0.15, -0.1) is 0 Å². The van der Waals surface area contributed by atoms with Crippen molar-refractivity contribution in [2.45, 2.75) is 31.9 Å². The highest BCUT2D eigenvalue weighted by molar-refractivity contribution is 5.45. The Bertz CT molecular complexity index is 459. The van der Waals surface area contributed by atoms with Gasteiger partial charge in [0.15, 0.2) is 0 Å². The second-order valence-electron chi connectivity index (χ2n) is 5.93. The lowest BCUT2D eigenvalue weighted by Gasteiger charge is -2.29. The number of anilines is 1. The van der Waals surface area contributed by atoms with Crippen LogP contribution < -0.4 is 4.90 Å². The van der Waals surface area contributed by atoms with E-state index in [1.54, 1.807) is 0 Å². The van der Waals surface area contributed by atoms with E-state index in [9.17, 15) is 5.11 Å². The Labute approximate surface area is 101 Å². The first-order valence-corrected chi connectivity index (χ1v) is 6.62. The van der Waals surface area contributed by atoms with Crippen LogP contribution >= 0.6 is 0 Å². The molecule has 0 spiro atoms. The number of fused-ring (bicyclic) bond motifs is 1. The molecule has 3 aliphatic rings. The fourth-order valence-corrected chi connectivity index (χ4v) is 4.37. The molecule has 90 valence electrons. The van der Waals surface area contributed by atoms with E-state index in [4.69, 9.17) is 0 Å². The quantitative estimate of drug-likeness (QED) is 0.796. The molecule has 2 aliphatic carbocycles. The minimum atomic E-state index is -0.124. The standard InChI is InChI=1S/C14H18N2O/c1-8-3-2-4-12(15-8)16-7-10-5-9-6-11(10)13(16)14(9)17/h2-4,9-11,13-14,17H,5-7H2,1H3. The predicted octanol–water partition coefficient (Wildman–Crippen LogP) is 1.60. The number of hydrogen-bond acceptors (Lipinski definition) is 3.